The van der Waals surface area contributed by atoms with Crippen LogP contribution >= 0.6 is 0 Å². The molecule has 5 aromatic rings. The van der Waals surface area contributed by atoms with Crippen LogP contribution in [0.15, 0.2) is 103 Å². The van der Waals surface area contributed by atoms with Crippen molar-refractivity contribution >= 4 is 38.6 Å². The maximum absolute atomic E-state index is 12.8. The normalized spacial score (nSPS) is 13.5. The van der Waals surface area contributed by atoms with Crippen LogP contribution in [0.2, 0.25) is 0 Å². The third-order valence-corrected chi connectivity index (χ3v) is 9.01. The third kappa shape index (κ3) is 7.49. The summed E-state index contributed by atoms with van der Waals surface area (Å²) in [5.41, 5.74) is 5.75. The van der Waals surface area contributed by atoms with Gasteiger partial charge in [0.25, 0.3) is 5.91 Å². The standard InChI is InChI=1S/C37H37N3O6S/c1-45-34-22-28(36(41)39-47(2,43)44)18-17-27(34)21-29-24-40(35(25-11-5-3-6-12-25)26-13-7-4-8-14-26)33-20-19-30(23-32(29)33)38-37(42)46-31-15-9-10-16-31/h3-8,11-14,17-20,22-24,31,35H,9-10,15-16,21H2,1-2H3,(H,38,42)(H,39,41). The molecule has 1 saturated carbocycles. The molecule has 0 aliphatic heterocycles. The van der Waals surface area contributed by atoms with E-state index in [1.165, 1.54) is 13.2 Å². The highest BCUT2D eigenvalue weighted by atomic mass is 32.2. The highest BCUT2D eigenvalue weighted by Gasteiger charge is 2.23. The zero-order valence-electron chi connectivity index (χ0n) is 26.3. The molecule has 1 aromatic heterocycles. The molecule has 9 nitrogen and oxygen atoms in total. The highest BCUT2D eigenvalue weighted by Crippen LogP contribution is 2.36. The molecule has 1 heterocycles. The van der Waals surface area contributed by atoms with Gasteiger partial charge in [0.05, 0.1) is 19.4 Å². The fraction of sp³-hybridized carbons (Fsp3) is 0.243. The number of amides is 2. The third-order valence-electron chi connectivity index (χ3n) is 8.45. The van der Waals surface area contributed by atoms with Crippen molar-refractivity contribution in [3.63, 3.8) is 0 Å². The quantitative estimate of drug-likeness (QED) is 0.167. The number of methoxy groups -OCH3 is 1. The van der Waals surface area contributed by atoms with Crippen LogP contribution in [0.5, 0.6) is 5.75 Å². The van der Waals surface area contributed by atoms with Crippen molar-refractivity contribution < 1.29 is 27.5 Å². The van der Waals surface area contributed by atoms with E-state index in [1.54, 1.807) is 12.1 Å². The molecule has 242 valence electrons. The van der Waals surface area contributed by atoms with Gasteiger partial charge in [-0.05, 0) is 78.3 Å². The number of nitrogens with one attached hydrogen (secondary N) is 2. The summed E-state index contributed by atoms with van der Waals surface area (Å²) in [7, 11) is -2.21. The lowest BCUT2D eigenvalue weighted by Gasteiger charge is -2.22. The van der Waals surface area contributed by atoms with Crippen molar-refractivity contribution in [2.45, 2.75) is 44.2 Å². The summed E-state index contributed by atoms with van der Waals surface area (Å²) in [5.74, 6) is -0.285. The van der Waals surface area contributed by atoms with Gasteiger partial charge in [-0.2, -0.15) is 0 Å². The van der Waals surface area contributed by atoms with Crippen LogP contribution < -0.4 is 14.8 Å². The lowest BCUT2D eigenvalue weighted by Crippen LogP contribution is -2.29. The van der Waals surface area contributed by atoms with Crippen molar-refractivity contribution in [2.24, 2.45) is 0 Å². The predicted octanol–water partition coefficient (Wildman–Crippen LogP) is 7.06. The molecule has 0 bridgehead atoms. The summed E-state index contributed by atoms with van der Waals surface area (Å²) in [6.45, 7) is 0. The highest BCUT2D eigenvalue weighted by molar-refractivity contribution is 7.89. The Morgan fingerprint density at radius 3 is 2.15 bits per heavy atom. The van der Waals surface area contributed by atoms with Gasteiger partial charge in [0.15, 0.2) is 0 Å². The Morgan fingerprint density at radius 1 is 0.872 bits per heavy atom. The van der Waals surface area contributed by atoms with E-state index >= 15 is 0 Å². The fourth-order valence-corrected chi connectivity index (χ4v) is 6.77. The van der Waals surface area contributed by atoms with E-state index in [1.807, 2.05) is 59.3 Å². The number of nitrogens with zero attached hydrogens (tertiary/aromatic N) is 1. The topological polar surface area (TPSA) is 116 Å². The van der Waals surface area contributed by atoms with Crippen molar-refractivity contribution in [3.05, 3.63) is 131 Å². The van der Waals surface area contributed by atoms with Gasteiger partial charge in [-0.25, -0.2) is 17.9 Å². The average molecular weight is 652 g/mol. The molecule has 1 aliphatic rings. The van der Waals surface area contributed by atoms with Crippen molar-refractivity contribution in [3.8, 4) is 5.75 Å². The Bertz CT molecular complexity index is 1960. The molecule has 1 aliphatic carbocycles. The Morgan fingerprint density at radius 2 is 1.53 bits per heavy atom. The molecule has 0 unspecified atom stereocenters. The van der Waals surface area contributed by atoms with E-state index in [-0.39, 0.29) is 17.7 Å². The molecule has 0 radical (unpaired) electrons. The van der Waals surface area contributed by atoms with Crippen LogP contribution in [0.4, 0.5) is 10.5 Å². The number of ether oxygens (including phenoxy) is 2. The molecule has 0 spiro atoms. The number of hydrogen-bond acceptors (Lipinski definition) is 6. The van der Waals surface area contributed by atoms with Gasteiger partial charge in [0.1, 0.15) is 11.9 Å². The maximum Gasteiger partial charge on any atom is 0.411 e. The number of rotatable bonds is 10. The summed E-state index contributed by atoms with van der Waals surface area (Å²) in [6.07, 6.45) is 6.88. The smallest absolute Gasteiger partial charge is 0.411 e. The Labute approximate surface area is 274 Å². The summed E-state index contributed by atoms with van der Waals surface area (Å²) >= 11 is 0. The summed E-state index contributed by atoms with van der Waals surface area (Å²) in [5, 5.41) is 3.86. The first-order valence-corrected chi connectivity index (χ1v) is 17.5. The summed E-state index contributed by atoms with van der Waals surface area (Å²) in [4.78, 5) is 25.4. The van der Waals surface area contributed by atoms with Gasteiger partial charge in [-0.1, -0.05) is 66.7 Å². The number of fused-ring (bicyclic) bond motifs is 1. The number of benzene rings is 4. The number of aromatic nitrogens is 1. The van der Waals surface area contributed by atoms with Gasteiger partial charge in [0.2, 0.25) is 10.0 Å². The first-order valence-electron chi connectivity index (χ1n) is 15.6. The minimum atomic E-state index is -3.73. The molecule has 47 heavy (non-hydrogen) atoms. The first kappa shape index (κ1) is 31.9. The zero-order chi connectivity index (χ0) is 33.0. The van der Waals surface area contributed by atoms with E-state index in [0.717, 1.165) is 65.1 Å². The van der Waals surface area contributed by atoms with Gasteiger partial charge in [-0.15, -0.1) is 0 Å². The largest absolute Gasteiger partial charge is 0.496 e. The molecule has 0 saturated heterocycles. The van der Waals surface area contributed by atoms with Gasteiger partial charge in [-0.3, -0.25) is 10.1 Å². The SMILES string of the molecule is COc1cc(C(=O)NS(C)(=O)=O)ccc1Cc1cn(C(c2ccccc2)c2ccccc2)c2ccc(NC(=O)OC3CCCC3)cc12. The first-order chi connectivity index (χ1) is 22.7. The number of carbonyl (C=O) groups excluding carboxylic acids is 2. The molecule has 1 fully saturated rings. The monoisotopic (exact) mass is 651 g/mol. The molecule has 4 aromatic carbocycles. The van der Waals surface area contributed by atoms with E-state index in [2.05, 4.69) is 40.3 Å². The van der Waals surface area contributed by atoms with Crippen LogP contribution in [0, 0.1) is 0 Å². The number of carbonyl (C=O) groups is 2. The minimum Gasteiger partial charge on any atom is -0.496 e. The van der Waals surface area contributed by atoms with E-state index < -0.39 is 22.0 Å². The average Bonchev–Trinajstić information content (AvgIpc) is 3.69. The molecular formula is C37H37N3O6S. The van der Waals surface area contributed by atoms with E-state index in [0.29, 0.717) is 17.9 Å². The van der Waals surface area contributed by atoms with E-state index in [4.69, 9.17) is 9.47 Å². The van der Waals surface area contributed by atoms with Gasteiger partial charge < -0.3 is 14.0 Å². The second kappa shape index (κ2) is 13.7. The second-order valence-corrected chi connectivity index (χ2v) is 13.6. The minimum absolute atomic E-state index is 0.0529. The molecular weight excluding hydrogens is 614 g/mol. The molecule has 2 amide bonds. The number of anilines is 1. The summed E-state index contributed by atoms with van der Waals surface area (Å²) in [6, 6.07) is 31.2. The number of sulfonamides is 1. The number of hydrogen-bond donors (Lipinski definition) is 2. The van der Waals surface area contributed by atoms with Crippen LogP contribution in [0.25, 0.3) is 10.9 Å². The fourth-order valence-electron chi connectivity index (χ4n) is 6.31. The second-order valence-electron chi connectivity index (χ2n) is 11.9. The Balaban J connectivity index is 1.43. The molecule has 2 N–H and O–H groups in total. The zero-order valence-corrected chi connectivity index (χ0v) is 27.1. The molecule has 6 rings (SSSR count). The van der Waals surface area contributed by atoms with Gasteiger partial charge in [0, 0.05) is 34.8 Å². The van der Waals surface area contributed by atoms with Crippen LogP contribution in [-0.4, -0.2) is 44.5 Å². The van der Waals surface area contributed by atoms with Gasteiger partial charge >= 0.3 is 6.09 Å². The lowest BCUT2D eigenvalue weighted by molar-refractivity contribution is 0.0981. The Kier molecular flexibility index (Phi) is 9.31. The predicted molar refractivity (Wildman–Crippen MR) is 183 cm³/mol. The van der Waals surface area contributed by atoms with Crippen molar-refractivity contribution in [1.29, 1.82) is 0 Å². The van der Waals surface area contributed by atoms with E-state index in [9.17, 15) is 18.0 Å². The molecule has 10 heteroatoms. The summed E-state index contributed by atoms with van der Waals surface area (Å²) < 4.78 is 38.9. The van der Waals surface area contributed by atoms with Crippen LogP contribution in [-0.2, 0) is 21.2 Å². The van der Waals surface area contributed by atoms with Crippen molar-refractivity contribution in [1.82, 2.24) is 9.29 Å². The van der Waals surface area contributed by atoms with Crippen molar-refractivity contribution in [2.75, 3.05) is 18.7 Å². The molecule has 0 atom stereocenters. The Hall–Kier alpha value is -5.09. The maximum atomic E-state index is 12.8. The van der Waals surface area contributed by atoms with Crippen LogP contribution in [0.1, 0.15) is 64.3 Å². The lowest BCUT2D eigenvalue weighted by atomic mass is 9.98. The van der Waals surface area contributed by atoms with Crippen LogP contribution in [0.3, 0.4) is 0 Å².